The molecule has 3 N–H and O–H groups in total. The monoisotopic (exact) mass is 518 g/mol. The first-order chi connectivity index (χ1) is 14.1. The van der Waals surface area contributed by atoms with E-state index in [0.717, 1.165) is 24.7 Å². The lowest BCUT2D eigenvalue weighted by atomic mass is 9.90. The summed E-state index contributed by atoms with van der Waals surface area (Å²) in [7, 11) is 0. The summed E-state index contributed by atoms with van der Waals surface area (Å²) in [6, 6.07) is 16.7. The highest BCUT2D eigenvalue weighted by molar-refractivity contribution is 14.0. The first kappa shape index (κ1) is 22.6. The van der Waals surface area contributed by atoms with Gasteiger partial charge in [-0.2, -0.15) is 0 Å². The third-order valence-corrected chi connectivity index (χ3v) is 6.08. The van der Waals surface area contributed by atoms with Crippen molar-refractivity contribution < 1.29 is 4.79 Å². The number of para-hydroxylation sites is 1. The van der Waals surface area contributed by atoms with Gasteiger partial charge in [-0.25, -0.2) is 0 Å². The largest absolute Gasteiger partial charge is 0.357 e. The van der Waals surface area contributed by atoms with Gasteiger partial charge >= 0.3 is 0 Å². The van der Waals surface area contributed by atoms with Gasteiger partial charge in [-0.15, -0.1) is 24.0 Å². The van der Waals surface area contributed by atoms with Crippen LogP contribution in [0.15, 0.2) is 53.5 Å². The van der Waals surface area contributed by atoms with Gasteiger partial charge in [-0.1, -0.05) is 42.5 Å². The molecule has 1 atom stereocenters. The zero-order chi connectivity index (χ0) is 20.3. The number of hydrogen-bond acceptors (Lipinski definition) is 2. The first-order valence-corrected chi connectivity index (χ1v) is 10.6. The van der Waals surface area contributed by atoms with Crippen molar-refractivity contribution in [1.29, 1.82) is 0 Å². The predicted molar refractivity (Wildman–Crippen MR) is 134 cm³/mol. The Labute approximate surface area is 196 Å². The number of anilines is 1. The number of nitrogens with zero attached hydrogens (tertiary/aromatic N) is 1. The Kier molecular flexibility index (Phi) is 7.39. The number of carbonyl (C=O) groups is 1. The lowest BCUT2D eigenvalue weighted by Crippen LogP contribution is -2.41. The Bertz CT molecular complexity index is 923. The Morgan fingerprint density at radius 1 is 1.13 bits per heavy atom. The maximum Gasteiger partial charge on any atom is 0.225 e. The van der Waals surface area contributed by atoms with E-state index < -0.39 is 0 Å². The quantitative estimate of drug-likeness (QED) is 0.303. The number of hydrogen-bond donors (Lipinski definition) is 3. The number of carbonyl (C=O) groups excluding carboxylic acids is 1. The third kappa shape index (κ3) is 4.96. The molecule has 1 saturated carbocycles. The average Bonchev–Trinajstić information content (AvgIpc) is 3.51. The molecule has 1 heterocycles. The van der Waals surface area contributed by atoms with Crippen LogP contribution >= 0.6 is 24.0 Å². The highest BCUT2D eigenvalue weighted by Gasteiger charge is 2.44. The van der Waals surface area contributed by atoms with Crippen LogP contribution in [0.25, 0.3) is 0 Å². The van der Waals surface area contributed by atoms with Gasteiger partial charge in [0.25, 0.3) is 0 Å². The zero-order valence-corrected chi connectivity index (χ0v) is 20.0. The summed E-state index contributed by atoms with van der Waals surface area (Å²) in [5, 5.41) is 9.81. The summed E-state index contributed by atoms with van der Waals surface area (Å²) in [6.45, 7) is 6.55. The van der Waals surface area contributed by atoms with Crippen LogP contribution in [0.3, 0.4) is 0 Å². The number of rotatable bonds is 6. The molecule has 0 aromatic heterocycles. The number of halogens is 1. The van der Waals surface area contributed by atoms with Gasteiger partial charge in [0.15, 0.2) is 5.96 Å². The van der Waals surface area contributed by atoms with Crippen molar-refractivity contribution in [1.82, 2.24) is 10.6 Å². The van der Waals surface area contributed by atoms with Crippen LogP contribution in [0.4, 0.5) is 5.69 Å². The van der Waals surface area contributed by atoms with E-state index >= 15 is 0 Å². The SMILES string of the molecule is CCNC(=NCC1(c2ccccc2C)CC1)NCC1CC(=O)Nc2ccccc21.I. The number of fused-ring (bicyclic) bond motifs is 1. The highest BCUT2D eigenvalue weighted by Crippen LogP contribution is 2.49. The van der Waals surface area contributed by atoms with Gasteiger partial charge in [0.05, 0.1) is 6.54 Å². The molecule has 1 aliphatic carbocycles. The Hall–Kier alpha value is -2.09. The lowest BCUT2D eigenvalue weighted by molar-refractivity contribution is -0.116. The van der Waals surface area contributed by atoms with Crippen molar-refractivity contribution in [2.75, 3.05) is 25.0 Å². The van der Waals surface area contributed by atoms with Crippen molar-refractivity contribution in [2.24, 2.45) is 4.99 Å². The van der Waals surface area contributed by atoms with Crippen LogP contribution in [0, 0.1) is 6.92 Å². The van der Waals surface area contributed by atoms with Gasteiger partial charge in [-0.05, 0) is 49.4 Å². The van der Waals surface area contributed by atoms with E-state index in [1.54, 1.807) is 0 Å². The van der Waals surface area contributed by atoms with E-state index in [0.29, 0.717) is 13.0 Å². The van der Waals surface area contributed by atoms with Crippen LogP contribution in [0.5, 0.6) is 0 Å². The molecule has 6 heteroatoms. The average molecular weight is 518 g/mol. The molecule has 5 nitrogen and oxygen atoms in total. The van der Waals surface area contributed by atoms with E-state index in [-0.39, 0.29) is 41.2 Å². The molecule has 0 saturated heterocycles. The van der Waals surface area contributed by atoms with Crippen molar-refractivity contribution >= 4 is 41.5 Å². The van der Waals surface area contributed by atoms with Crippen molar-refractivity contribution in [3.63, 3.8) is 0 Å². The lowest BCUT2D eigenvalue weighted by Gasteiger charge is -2.26. The number of aliphatic imine (C=N–C) groups is 1. The second-order valence-corrected chi connectivity index (χ2v) is 8.21. The molecule has 0 radical (unpaired) electrons. The molecule has 4 rings (SSSR count). The van der Waals surface area contributed by atoms with Crippen LogP contribution in [0.1, 0.15) is 48.8 Å². The smallest absolute Gasteiger partial charge is 0.225 e. The second kappa shape index (κ2) is 9.81. The molecule has 1 unspecified atom stereocenters. The summed E-state index contributed by atoms with van der Waals surface area (Å²) in [5.74, 6) is 1.06. The summed E-state index contributed by atoms with van der Waals surface area (Å²) >= 11 is 0. The Morgan fingerprint density at radius 2 is 1.87 bits per heavy atom. The van der Waals surface area contributed by atoms with E-state index in [9.17, 15) is 4.79 Å². The maximum absolute atomic E-state index is 12.1. The highest BCUT2D eigenvalue weighted by atomic mass is 127. The fraction of sp³-hybridized carbons (Fsp3) is 0.417. The zero-order valence-electron chi connectivity index (χ0n) is 17.7. The van der Waals surface area contributed by atoms with Crippen LogP contribution < -0.4 is 16.0 Å². The van der Waals surface area contributed by atoms with Crippen LogP contribution in [-0.4, -0.2) is 31.5 Å². The Balaban J connectivity index is 0.00000256. The van der Waals surface area contributed by atoms with Crippen molar-refractivity contribution in [2.45, 2.75) is 44.4 Å². The summed E-state index contributed by atoms with van der Waals surface area (Å²) in [5.41, 5.74) is 5.08. The van der Waals surface area contributed by atoms with Crippen molar-refractivity contribution in [3.8, 4) is 0 Å². The molecule has 2 aliphatic rings. The minimum Gasteiger partial charge on any atom is -0.357 e. The van der Waals surface area contributed by atoms with E-state index in [4.69, 9.17) is 4.99 Å². The van der Waals surface area contributed by atoms with E-state index in [1.807, 2.05) is 18.2 Å². The molecular weight excluding hydrogens is 487 g/mol. The van der Waals surface area contributed by atoms with Gasteiger partial charge in [-0.3, -0.25) is 9.79 Å². The number of guanidine groups is 1. The fourth-order valence-electron chi connectivity index (χ4n) is 4.31. The molecule has 30 heavy (non-hydrogen) atoms. The molecule has 1 aliphatic heterocycles. The van der Waals surface area contributed by atoms with E-state index in [2.05, 4.69) is 60.1 Å². The number of benzene rings is 2. The fourth-order valence-corrected chi connectivity index (χ4v) is 4.31. The normalized spacial score (nSPS) is 19.2. The molecule has 1 amide bonds. The summed E-state index contributed by atoms with van der Waals surface area (Å²) < 4.78 is 0. The van der Waals surface area contributed by atoms with Crippen LogP contribution in [0.2, 0.25) is 0 Å². The van der Waals surface area contributed by atoms with Gasteiger partial charge in [0.1, 0.15) is 0 Å². The molecule has 160 valence electrons. The first-order valence-electron chi connectivity index (χ1n) is 10.6. The molecular formula is C24H31IN4O. The third-order valence-electron chi connectivity index (χ3n) is 6.08. The topological polar surface area (TPSA) is 65.5 Å². The second-order valence-electron chi connectivity index (χ2n) is 8.21. The minimum absolute atomic E-state index is 0. The number of aryl methyl sites for hydroxylation is 1. The van der Waals surface area contributed by atoms with Gasteiger partial charge < -0.3 is 16.0 Å². The molecule has 0 spiro atoms. The minimum atomic E-state index is 0. The number of amides is 1. The molecule has 2 aromatic rings. The maximum atomic E-state index is 12.1. The van der Waals surface area contributed by atoms with Gasteiger partial charge in [0.2, 0.25) is 5.91 Å². The predicted octanol–water partition coefficient (Wildman–Crippen LogP) is 4.33. The van der Waals surface area contributed by atoms with Crippen LogP contribution in [-0.2, 0) is 10.2 Å². The summed E-state index contributed by atoms with van der Waals surface area (Å²) in [6.07, 6.45) is 2.88. The molecule has 1 fully saturated rings. The van der Waals surface area contributed by atoms with Gasteiger partial charge in [0, 0.05) is 36.5 Å². The standard InChI is InChI=1S/C24H30N4O.HI/c1-3-25-23(27-16-24(12-13-24)20-10-6-4-8-17(20)2)26-15-18-14-22(29)28-21-11-7-5-9-19(18)21;/h4-11,18H,3,12-16H2,1-2H3,(H,28,29)(H2,25,26,27);1H. The Morgan fingerprint density at radius 3 is 2.60 bits per heavy atom. The summed E-state index contributed by atoms with van der Waals surface area (Å²) in [4.78, 5) is 17.0. The number of nitrogens with one attached hydrogen (secondary N) is 3. The molecule has 0 bridgehead atoms. The van der Waals surface area contributed by atoms with Crippen molar-refractivity contribution in [3.05, 3.63) is 65.2 Å². The van der Waals surface area contributed by atoms with E-state index in [1.165, 1.54) is 29.5 Å². The molecule has 2 aromatic carbocycles.